The molecule has 0 fully saturated rings. The fourth-order valence-electron chi connectivity index (χ4n) is 3.34. The number of fused-ring (bicyclic) bond motifs is 1. The number of ether oxygens (including phenoxy) is 1. The summed E-state index contributed by atoms with van der Waals surface area (Å²) >= 11 is 0.707. The molecule has 0 amide bonds. The Balaban J connectivity index is 2.09. The molecule has 1 aromatic carbocycles. The molecule has 3 N–H and O–H groups in total. The van der Waals surface area contributed by atoms with Crippen LogP contribution in [0.15, 0.2) is 51.8 Å². The van der Waals surface area contributed by atoms with E-state index >= 15 is 0 Å². The number of allylic oxidation sites excluding steroid dienone is 1. The normalized spacial score (nSPS) is 13.4. The van der Waals surface area contributed by atoms with Gasteiger partial charge in [-0.25, -0.2) is 3.97 Å². The van der Waals surface area contributed by atoms with Gasteiger partial charge in [0.15, 0.2) is 0 Å². The van der Waals surface area contributed by atoms with Crippen molar-refractivity contribution in [3.8, 4) is 5.75 Å². The summed E-state index contributed by atoms with van der Waals surface area (Å²) in [5, 5.41) is 9.60. The second-order valence-corrected chi connectivity index (χ2v) is 10.4. The van der Waals surface area contributed by atoms with Crippen molar-refractivity contribution in [2.75, 3.05) is 13.7 Å². The van der Waals surface area contributed by atoms with Gasteiger partial charge in [-0.05, 0) is 49.2 Å². The minimum atomic E-state index is -4.71. The highest BCUT2D eigenvalue weighted by Gasteiger charge is 2.34. The van der Waals surface area contributed by atoms with Crippen molar-refractivity contribution in [2.45, 2.75) is 30.2 Å². The zero-order valence-electron chi connectivity index (χ0n) is 18.7. The van der Waals surface area contributed by atoms with Crippen LogP contribution in [-0.2, 0) is 21.2 Å². The lowest BCUT2D eigenvalue weighted by atomic mass is 10.1. The van der Waals surface area contributed by atoms with E-state index in [2.05, 4.69) is 4.99 Å². The summed E-state index contributed by atoms with van der Waals surface area (Å²) in [6, 6.07) is 7.43. The summed E-state index contributed by atoms with van der Waals surface area (Å²) in [4.78, 5) is 14.4. The average molecular weight is 530 g/mol. The molecule has 13 heteroatoms. The first-order valence-electron chi connectivity index (χ1n) is 10.2. The van der Waals surface area contributed by atoms with Crippen LogP contribution in [0.4, 0.5) is 13.2 Å². The van der Waals surface area contributed by atoms with Crippen LogP contribution in [0.2, 0.25) is 0 Å². The van der Waals surface area contributed by atoms with Crippen LogP contribution in [0.1, 0.15) is 23.8 Å². The lowest BCUT2D eigenvalue weighted by Gasteiger charge is -2.08. The predicted molar refractivity (Wildman–Crippen MR) is 128 cm³/mol. The maximum Gasteiger partial charge on any atom is 0.432 e. The minimum Gasteiger partial charge on any atom is -0.494 e. The van der Waals surface area contributed by atoms with Gasteiger partial charge in [0.25, 0.3) is 10.0 Å². The molecule has 2 heterocycles. The zero-order valence-corrected chi connectivity index (χ0v) is 20.3. The first-order valence-corrected chi connectivity index (χ1v) is 12.5. The summed E-state index contributed by atoms with van der Waals surface area (Å²) in [6.45, 7) is 2.13. The molecule has 35 heavy (non-hydrogen) atoms. The van der Waals surface area contributed by atoms with Crippen molar-refractivity contribution in [2.24, 2.45) is 10.7 Å². The third kappa shape index (κ3) is 5.68. The number of rotatable bonds is 9. The van der Waals surface area contributed by atoms with E-state index in [-0.39, 0.29) is 33.1 Å². The highest BCUT2D eigenvalue weighted by atomic mass is 32.2. The number of aliphatic carboxylic acids is 1. The number of aromatic nitrogens is 1. The Bertz CT molecular complexity index is 1420. The van der Waals surface area contributed by atoms with Crippen molar-refractivity contribution in [3.05, 3.63) is 53.0 Å². The van der Waals surface area contributed by atoms with Gasteiger partial charge in [0.2, 0.25) is 0 Å². The van der Waals surface area contributed by atoms with E-state index < -0.39 is 27.9 Å². The number of carbonyl (C=O) groups is 1. The molecule has 0 aliphatic heterocycles. The molecule has 0 aliphatic carbocycles. The monoisotopic (exact) mass is 529 g/mol. The molecular formula is C22H22F3N3O5S2. The highest BCUT2D eigenvalue weighted by Crippen LogP contribution is 2.33. The second kappa shape index (κ2) is 10.1. The van der Waals surface area contributed by atoms with Gasteiger partial charge < -0.3 is 15.6 Å². The molecule has 0 atom stereocenters. The Morgan fingerprint density at radius 2 is 2.00 bits per heavy atom. The summed E-state index contributed by atoms with van der Waals surface area (Å²) in [7, 11) is -3.21. The minimum absolute atomic E-state index is 0.101. The van der Waals surface area contributed by atoms with E-state index in [1.807, 2.05) is 0 Å². The molecule has 0 saturated carbocycles. The van der Waals surface area contributed by atoms with E-state index in [1.165, 1.54) is 24.4 Å². The molecule has 188 valence electrons. The van der Waals surface area contributed by atoms with Crippen molar-refractivity contribution in [1.82, 2.24) is 3.97 Å². The van der Waals surface area contributed by atoms with Crippen LogP contribution < -0.4 is 10.5 Å². The van der Waals surface area contributed by atoms with Crippen LogP contribution >= 0.6 is 11.3 Å². The average Bonchev–Trinajstić information content (AvgIpc) is 3.41. The van der Waals surface area contributed by atoms with Crippen LogP contribution in [0.3, 0.4) is 0 Å². The number of benzene rings is 1. The quantitative estimate of drug-likeness (QED) is 0.399. The van der Waals surface area contributed by atoms with Gasteiger partial charge in [0.05, 0.1) is 22.7 Å². The predicted octanol–water partition coefficient (Wildman–Crippen LogP) is 4.29. The highest BCUT2D eigenvalue weighted by molar-refractivity contribution is 7.92. The van der Waals surface area contributed by atoms with Crippen molar-refractivity contribution in [3.63, 3.8) is 0 Å². The molecule has 0 radical (unpaired) electrons. The Morgan fingerprint density at radius 1 is 1.29 bits per heavy atom. The molecule has 8 nitrogen and oxygen atoms in total. The van der Waals surface area contributed by atoms with Gasteiger partial charge >= 0.3 is 12.1 Å². The lowest BCUT2D eigenvalue weighted by molar-refractivity contribution is -0.136. The molecule has 3 aromatic rings. The number of nitrogens with two attached hydrogens (primary N) is 1. The van der Waals surface area contributed by atoms with Gasteiger partial charge in [-0.2, -0.15) is 21.6 Å². The molecule has 0 saturated heterocycles. The van der Waals surface area contributed by atoms with Crippen molar-refractivity contribution >= 4 is 49.6 Å². The van der Waals surface area contributed by atoms with Crippen LogP contribution in [-0.4, -0.2) is 49.0 Å². The molecule has 2 aromatic heterocycles. The number of hydrogen-bond acceptors (Lipinski definition) is 7. The maximum atomic E-state index is 13.5. The third-order valence-corrected chi connectivity index (χ3v) is 8.22. The van der Waals surface area contributed by atoms with Gasteiger partial charge in [0.1, 0.15) is 15.7 Å². The Kier molecular flexibility index (Phi) is 7.60. The molecule has 3 rings (SSSR count). The topological polar surface area (TPSA) is 124 Å². The van der Waals surface area contributed by atoms with Crippen LogP contribution in [0.25, 0.3) is 16.6 Å². The number of aliphatic imine (C=N–C) groups is 1. The van der Waals surface area contributed by atoms with Crippen molar-refractivity contribution < 1.29 is 36.2 Å². The van der Waals surface area contributed by atoms with Gasteiger partial charge in [-0.1, -0.05) is 0 Å². The van der Waals surface area contributed by atoms with E-state index in [9.17, 15) is 26.4 Å². The Labute approximate surface area is 203 Å². The number of aryl methyl sites for hydroxylation is 1. The molecule has 0 spiro atoms. The van der Waals surface area contributed by atoms with E-state index in [1.54, 1.807) is 19.1 Å². The second-order valence-electron chi connectivity index (χ2n) is 7.29. The zero-order chi connectivity index (χ0) is 26.0. The van der Waals surface area contributed by atoms with Gasteiger partial charge in [-0.3, -0.25) is 9.79 Å². The summed E-state index contributed by atoms with van der Waals surface area (Å²) in [6.07, 6.45) is -2.81. The maximum absolute atomic E-state index is 13.5. The summed E-state index contributed by atoms with van der Waals surface area (Å²) in [5.74, 6) is -0.601. The molecular weight excluding hydrogens is 507 g/mol. The van der Waals surface area contributed by atoms with Crippen LogP contribution in [0.5, 0.6) is 5.75 Å². The standard InChI is InChI=1S/C22H22F3N3O5S2/c1-3-33-14-5-6-15-13(4-8-20(29)30)12-28(17(15)10-14)35(31,32)21-9-7-18(34-21)16(26)11-19(27-2)22(23,24)25/h5-7,9-12H,3-4,8,26H2,1-2H3,(H,29,30). The molecule has 0 unspecified atom stereocenters. The number of thiophene rings is 1. The molecule has 0 aliphatic rings. The smallest absolute Gasteiger partial charge is 0.432 e. The Morgan fingerprint density at radius 3 is 2.60 bits per heavy atom. The number of hydrogen-bond donors (Lipinski definition) is 2. The number of carboxylic acids is 1. The van der Waals surface area contributed by atoms with Crippen LogP contribution in [0, 0.1) is 0 Å². The van der Waals surface area contributed by atoms with Crippen molar-refractivity contribution in [1.29, 1.82) is 0 Å². The lowest BCUT2D eigenvalue weighted by Crippen LogP contribution is -2.21. The van der Waals surface area contributed by atoms with E-state index in [0.717, 1.165) is 11.0 Å². The first kappa shape index (κ1) is 26.3. The van der Waals surface area contributed by atoms with Gasteiger partial charge in [0, 0.05) is 31.1 Å². The van der Waals surface area contributed by atoms with Gasteiger partial charge in [-0.15, -0.1) is 11.3 Å². The third-order valence-electron chi connectivity index (χ3n) is 4.95. The fourth-order valence-corrected chi connectivity index (χ4v) is 6.05. The van der Waals surface area contributed by atoms with E-state index in [0.29, 0.717) is 40.7 Å². The summed E-state index contributed by atoms with van der Waals surface area (Å²) in [5.41, 5.74) is 5.11. The Hall–Kier alpha value is -3.32. The van der Waals surface area contributed by atoms with E-state index in [4.69, 9.17) is 15.6 Å². The number of carboxylic acid groups (broad SMARTS) is 1. The molecule has 0 bridgehead atoms. The largest absolute Gasteiger partial charge is 0.494 e. The number of alkyl halides is 3. The number of nitrogens with zero attached hydrogens (tertiary/aromatic N) is 2. The summed E-state index contributed by atoms with van der Waals surface area (Å²) < 4.78 is 72.3. The first-order chi connectivity index (χ1) is 16.4. The SMILES string of the molecule is CCOc1ccc2c(CCC(=O)O)cn(S(=O)(=O)c3ccc(C(N)=CC(=NC)C(F)(F)F)s3)c2c1. The fraction of sp³-hybridized carbons (Fsp3) is 0.273. The number of halogens is 3.